The number of nitrogens with one attached hydrogen (secondary N) is 1. The molecule has 14 heteroatoms. The molecule has 0 aromatic heterocycles. The number of aliphatic hydroxyl groups excluding tert-OH is 1. The third-order valence-corrected chi connectivity index (χ3v) is 12.2. The van der Waals surface area contributed by atoms with Crippen molar-refractivity contribution in [2.45, 2.75) is 101 Å². The van der Waals surface area contributed by atoms with Crippen molar-refractivity contribution in [3.8, 4) is 0 Å². The molecule has 2 aliphatic rings. The Morgan fingerprint density at radius 3 is 1.13 bits per heavy atom. The van der Waals surface area contributed by atoms with Crippen LogP contribution in [0.25, 0.3) is 0 Å². The monoisotopic (exact) mass is 967 g/mol. The molecule has 14 nitrogen and oxygen atoms in total. The molecule has 6 aromatic rings. The van der Waals surface area contributed by atoms with Crippen LogP contribution in [-0.4, -0.2) is 98.7 Å². The second kappa shape index (κ2) is 26.8. The van der Waals surface area contributed by atoms with Crippen molar-refractivity contribution >= 4 is 12.1 Å². The maximum absolute atomic E-state index is 14.3. The van der Waals surface area contributed by atoms with Gasteiger partial charge < -0.3 is 52.5 Å². The molecule has 6 aromatic carbocycles. The molecule has 8 rings (SSSR count). The molecule has 0 radical (unpaired) electrons. The summed E-state index contributed by atoms with van der Waals surface area (Å²) in [5.74, 6) is -0.707. The molecule has 372 valence electrons. The van der Waals surface area contributed by atoms with Crippen LogP contribution in [0.15, 0.2) is 182 Å². The van der Waals surface area contributed by atoms with Crippen LogP contribution in [0.2, 0.25) is 0 Å². The Bertz CT molecular complexity index is 2460. The lowest BCUT2D eigenvalue weighted by Crippen LogP contribution is -2.65. The first-order valence-electron chi connectivity index (χ1n) is 23.8. The molecule has 2 aliphatic heterocycles. The summed E-state index contributed by atoms with van der Waals surface area (Å²) in [7, 11) is 1.27. The van der Waals surface area contributed by atoms with Gasteiger partial charge in [0.15, 0.2) is 12.3 Å². The highest BCUT2D eigenvalue weighted by molar-refractivity contribution is 5.75. The topological polar surface area (TPSA) is 159 Å². The van der Waals surface area contributed by atoms with Crippen LogP contribution in [0.4, 0.5) is 4.79 Å². The summed E-state index contributed by atoms with van der Waals surface area (Å²) in [6.45, 7) is 0.0242. The van der Waals surface area contributed by atoms with Crippen LogP contribution in [0.1, 0.15) is 33.4 Å². The number of hydrogen-bond acceptors (Lipinski definition) is 13. The van der Waals surface area contributed by atoms with Crippen molar-refractivity contribution in [1.29, 1.82) is 0 Å². The summed E-state index contributed by atoms with van der Waals surface area (Å²) in [6.07, 6.45) is -11.1. The summed E-state index contributed by atoms with van der Waals surface area (Å²) in [5, 5.41) is 13.7. The lowest BCUT2D eigenvalue weighted by molar-refractivity contribution is -0.275. The third kappa shape index (κ3) is 14.6. The summed E-state index contributed by atoms with van der Waals surface area (Å²) < 4.78 is 64.1. The molecule has 10 atom stereocenters. The van der Waals surface area contributed by atoms with E-state index in [0.29, 0.717) is 0 Å². The lowest BCUT2D eigenvalue weighted by atomic mass is 9.94. The Hall–Kier alpha value is -6.30. The summed E-state index contributed by atoms with van der Waals surface area (Å²) in [5.41, 5.74) is 5.28. The van der Waals surface area contributed by atoms with Gasteiger partial charge in [-0.15, -0.1) is 0 Å². The predicted octanol–water partition coefficient (Wildman–Crippen LogP) is 7.88. The molecule has 0 spiro atoms. The molecule has 1 amide bonds. The number of esters is 1. The number of methoxy groups -OCH3 is 1. The van der Waals surface area contributed by atoms with Gasteiger partial charge in [-0.1, -0.05) is 182 Å². The average Bonchev–Trinajstić information content (AvgIpc) is 3.43. The average molecular weight is 968 g/mol. The Labute approximate surface area is 414 Å². The fourth-order valence-corrected chi connectivity index (χ4v) is 8.59. The SMILES string of the molecule is COC(=O)[C@@H]1O[C@H](COC(=O)N[C@@H]2O[C@H](CO)[C@@H](OCc3ccccc3)[C@H](OCc3ccccc3)[C@H]2OCc2ccccc2)[C@@H](OCc2ccccc2)[C@H](OCc2ccccc2)[C@H]1OCc1ccccc1. The highest BCUT2D eigenvalue weighted by Crippen LogP contribution is 2.33. The zero-order valence-electron chi connectivity index (χ0n) is 39.6. The van der Waals surface area contributed by atoms with Gasteiger partial charge in [-0.3, -0.25) is 5.32 Å². The summed E-state index contributed by atoms with van der Waals surface area (Å²) in [4.78, 5) is 28.0. The van der Waals surface area contributed by atoms with Crippen LogP contribution >= 0.6 is 0 Å². The van der Waals surface area contributed by atoms with Crippen molar-refractivity contribution in [2.75, 3.05) is 20.3 Å². The van der Waals surface area contributed by atoms with Gasteiger partial charge >= 0.3 is 12.1 Å². The number of benzene rings is 6. The van der Waals surface area contributed by atoms with E-state index in [0.717, 1.165) is 33.4 Å². The minimum Gasteiger partial charge on any atom is -0.467 e. The van der Waals surface area contributed by atoms with Gasteiger partial charge in [0.1, 0.15) is 55.4 Å². The number of aliphatic hydroxyl groups is 1. The molecule has 2 N–H and O–H groups in total. The van der Waals surface area contributed by atoms with Gasteiger partial charge in [0, 0.05) is 0 Å². The molecule has 0 bridgehead atoms. The van der Waals surface area contributed by atoms with Crippen molar-refractivity contribution in [2.24, 2.45) is 0 Å². The molecule has 0 saturated carbocycles. The Morgan fingerprint density at radius 2 is 0.761 bits per heavy atom. The fourth-order valence-electron chi connectivity index (χ4n) is 8.59. The number of alkyl carbamates (subject to hydrolysis) is 1. The Morgan fingerprint density at radius 1 is 0.437 bits per heavy atom. The summed E-state index contributed by atoms with van der Waals surface area (Å²) >= 11 is 0. The normalized spacial score (nSPS) is 24.1. The van der Waals surface area contributed by atoms with Crippen molar-refractivity contribution < 1.29 is 62.1 Å². The number of carbonyl (C=O) groups excluding carboxylic acids is 2. The number of amides is 1. The maximum atomic E-state index is 14.3. The van der Waals surface area contributed by atoms with E-state index in [2.05, 4.69) is 5.32 Å². The third-order valence-electron chi connectivity index (χ3n) is 12.2. The molecule has 2 fully saturated rings. The zero-order chi connectivity index (χ0) is 49.0. The van der Waals surface area contributed by atoms with Crippen LogP contribution in [0, 0.1) is 0 Å². The number of hydrogen-bond donors (Lipinski definition) is 2. The fraction of sp³-hybridized carbons (Fsp3) is 0.333. The van der Waals surface area contributed by atoms with E-state index in [4.69, 9.17) is 47.4 Å². The molecule has 2 heterocycles. The molecular weight excluding hydrogens is 907 g/mol. The highest BCUT2D eigenvalue weighted by atomic mass is 16.7. The minimum absolute atomic E-state index is 0.125. The van der Waals surface area contributed by atoms with E-state index >= 15 is 0 Å². The van der Waals surface area contributed by atoms with Crippen molar-refractivity contribution in [3.05, 3.63) is 215 Å². The van der Waals surface area contributed by atoms with E-state index in [9.17, 15) is 14.7 Å². The Balaban J connectivity index is 1.06. The van der Waals surface area contributed by atoms with Crippen LogP contribution in [0.3, 0.4) is 0 Å². The maximum Gasteiger partial charge on any atom is 0.409 e. The Kier molecular flexibility index (Phi) is 19.3. The van der Waals surface area contributed by atoms with Gasteiger partial charge in [0.05, 0.1) is 53.4 Å². The van der Waals surface area contributed by atoms with Crippen molar-refractivity contribution in [3.63, 3.8) is 0 Å². The second-order valence-corrected chi connectivity index (χ2v) is 17.2. The zero-order valence-corrected chi connectivity index (χ0v) is 39.6. The van der Waals surface area contributed by atoms with Gasteiger partial charge in [0.2, 0.25) is 0 Å². The van der Waals surface area contributed by atoms with Crippen molar-refractivity contribution in [1.82, 2.24) is 5.32 Å². The molecular formula is C57H61NO13. The van der Waals surface area contributed by atoms with E-state index in [-0.39, 0.29) is 39.6 Å². The second-order valence-electron chi connectivity index (χ2n) is 17.2. The predicted molar refractivity (Wildman–Crippen MR) is 261 cm³/mol. The minimum atomic E-state index is -1.31. The van der Waals surface area contributed by atoms with E-state index in [1.807, 2.05) is 182 Å². The first kappa shape index (κ1) is 51.1. The van der Waals surface area contributed by atoms with Crippen LogP contribution in [0.5, 0.6) is 0 Å². The number of carbonyl (C=O) groups is 2. The first-order valence-corrected chi connectivity index (χ1v) is 23.8. The number of ether oxygens (including phenoxy) is 10. The van der Waals surface area contributed by atoms with Crippen LogP contribution in [-0.2, 0) is 91.8 Å². The molecule has 0 unspecified atom stereocenters. The molecule has 2 saturated heterocycles. The highest BCUT2D eigenvalue weighted by Gasteiger charge is 2.53. The van der Waals surface area contributed by atoms with Gasteiger partial charge in [-0.25, -0.2) is 9.59 Å². The largest absolute Gasteiger partial charge is 0.467 e. The standard InChI is InChI=1S/C57H61NO13/c1-62-56(60)54-52(67-37-44-28-16-6-17-29-44)50(65-35-42-24-12-4-13-25-42)49(64-34-41-22-10-3-11-23-41)47(70-54)39-69-57(61)58-55-53(68-38-45-30-18-7-19-31-45)51(66-36-43-26-14-5-15-27-43)48(46(32-59)71-55)63-33-40-20-8-2-9-21-40/h2-31,46-55,59H,32-39H2,1H3,(H,58,61)/t46-,47-,48-,49-,50+,51+,52-,53-,54-,55-/m1/s1. The first-order chi connectivity index (χ1) is 34.9. The lowest BCUT2D eigenvalue weighted by Gasteiger charge is -2.46. The van der Waals surface area contributed by atoms with Gasteiger partial charge in [0.25, 0.3) is 0 Å². The quantitative estimate of drug-likeness (QED) is 0.0598. The van der Waals surface area contributed by atoms with Crippen LogP contribution < -0.4 is 5.32 Å². The van der Waals surface area contributed by atoms with Gasteiger partial charge in [-0.05, 0) is 33.4 Å². The number of rotatable bonds is 23. The summed E-state index contributed by atoms with van der Waals surface area (Å²) in [6, 6.07) is 57.6. The van der Waals surface area contributed by atoms with E-state index < -0.39 is 86.4 Å². The van der Waals surface area contributed by atoms with Gasteiger partial charge in [-0.2, -0.15) is 0 Å². The molecule has 71 heavy (non-hydrogen) atoms. The van der Waals surface area contributed by atoms with E-state index in [1.54, 1.807) is 0 Å². The van der Waals surface area contributed by atoms with E-state index in [1.165, 1.54) is 7.11 Å². The molecule has 0 aliphatic carbocycles. The smallest absolute Gasteiger partial charge is 0.409 e.